The van der Waals surface area contributed by atoms with E-state index in [-0.39, 0.29) is 11.9 Å². The average Bonchev–Trinajstić information content (AvgIpc) is 2.13. The van der Waals surface area contributed by atoms with Crippen LogP contribution in [0.25, 0.3) is 0 Å². The minimum atomic E-state index is -0.625. The summed E-state index contributed by atoms with van der Waals surface area (Å²) in [4.78, 5) is 22.2. The number of amides is 2. The fraction of sp³-hybridized carbons (Fsp3) is 0.750. The number of primary amides is 1. The van der Waals surface area contributed by atoms with E-state index in [1.54, 1.807) is 25.7 Å². The van der Waals surface area contributed by atoms with Crippen molar-refractivity contribution in [2.24, 2.45) is 5.73 Å². The Morgan fingerprint density at radius 3 is 2.43 bits per heavy atom. The third-order valence-electron chi connectivity index (χ3n) is 1.78. The van der Waals surface area contributed by atoms with Gasteiger partial charge in [0.1, 0.15) is 6.04 Å². The Balaban J connectivity index is 4.09. The lowest BCUT2D eigenvalue weighted by atomic mass is 10.2. The first-order valence-corrected chi connectivity index (χ1v) is 5.68. The van der Waals surface area contributed by atoms with Gasteiger partial charge < -0.3 is 16.4 Å². The SMILES string of the molecule is CNC(CSC)C(=O)NC(C)C(N)=O. The average molecular weight is 219 g/mol. The molecule has 0 aliphatic heterocycles. The number of likely N-dealkylation sites (N-methyl/N-ethyl adjacent to an activating group) is 1. The first-order valence-electron chi connectivity index (χ1n) is 4.28. The minimum absolute atomic E-state index is 0.201. The van der Waals surface area contributed by atoms with Gasteiger partial charge in [0.25, 0.3) is 0 Å². The first-order chi connectivity index (χ1) is 6.52. The van der Waals surface area contributed by atoms with Crippen LogP contribution in [0.15, 0.2) is 0 Å². The summed E-state index contributed by atoms with van der Waals surface area (Å²) in [6, 6.07) is -0.910. The molecule has 0 rings (SSSR count). The highest BCUT2D eigenvalue weighted by molar-refractivity contribution is 7.98. The molecule has 82 valence electrons. The highest BCUT2D eigenvalue weighted by Gasteiger charge is 2.19. The van der Waals surface area contributed by atoms with Crippen molar-refractivity contribution in [3.63, 3.8) is 0 Å². The topological polar surface area (TPSA) is 84.2 Å². The summed E-state index contributed by atoms with van der Waals surface area (Å²) in [7, 11) is 1.70. The molecular formula is C8H17N3O2S. The molecule has 2 unspecified atom stereocenters. The molecule has 6 heteroatoms. The zero-order chi connectivity index (χ0) is 11.1. The molecule has 14 heavy (non-hydrogen) atoms. The van der Waals surface area contributed by atoms with Crippen molar-refractivity contribution < 1.29 is 9.59 Å². The Morgan fingerprint density at radius 2 is 2.07 bits per heavy atom. The molecule has 0 aromatic heterocycles. The molecule has 5 nitrogen and oxygen atoms in total. The Bertz CT molecular complexity index is 211. The van der Waals surface area contributed by atoms with Crippen LogP contribution in [0.3, 0.4) is 0 Å². The number of carbonyl (C=O) groups is 2. The van der Waals surface area contributed by atoms with Crippen molar-refractivity contribution in [1.82, 2.24) is 10.6 Å². The Labute approximate surface area is 88.2 Å². The normalized spacial score (nSPS) is 14.5. The van der Waals surface area contributed by atoms with E-state index in [1.165, 1.54) is 0 Å². The molecule has 0 saturated heterocycles. The van der Waals surface area contributed by atoms with E-state index >= 15 is 0 Å². The van der Waals surface area contributed by atoms with Crippen molar-refractivity contribution in [3.05, 3.63) is 0 Å². The molecule has 0 spiro atoms. The lowest BCUT2D eigenvalue weighted by Crippen LogP contribution is -2.50. The van der Waals surface area contributed by atoms with Crippen molar-refractivity contribution >= 4 is 23.6 Å². The number of nitrogens with one attached hydrogen (secondary N) is 2. The molecule has 0 saturated carbocycles. The second kappa shape index (κ2) is 6.67. The summed E-state index contributed by atoms with van der Waals surface area (Å²) >= 11 is 1.56. The Hall–Kier alpha value is -0.750. The van der Waals surface area contributed by atoms with Crippen LogP contribution in [0.5, 0.6) is 0 Å². The Kier molecular flexibility index (Phi) is 6.31. The summed E-state index contributed by atoms with van der Waals surface area (Å²) in [5.74, 6) is -0.0705. The van der Waals surface area contributed by atoms with Gasteiger partial charge in [0.15, 0.2) is 0 Å². The fourth-order valence-electron chi connectivity index (χ4n) is 0.842. The van der Waals surface area contributed by atoms with E-state index in [9.17, 15) is 9.59 Å². The van der Waals surface area contributed by atoms with E-state index in [0.717, 1.165) is 0 Å². The molecule has 0 fully saturated rings. The third kappa shape index (κ3) is 4.48. The molecule has 4 N–H and O–H groups in total. The van der Waals surface area contributed by atoms with Crippen LogP contribution in [0, 0.1) is 0 Å². The second-order valence-electron chi connectivity index (χ2n) is 2.93. The van der Waals surface area contributed by atoms with Gasteiger partial charge in [-0.15, -0.1) is 0 Å². The summed E-state index contributed by atoms with van der Waals surface area (Å²) in [6.45, 7) is 1.56. The predicted octanol–water partition coefficient (Wildman–Crippen LogP) is -1.07. The van der Waals surface area contributed by atoms with Crippen molar-refractivity contribution in [3.8, 4) is 0 Å². The number of nitrogens with two attached hydrogens (primary N) is 1. The van der Waals surface area contributed by atoms with E-state index in [2.05, 4.69) is 10.6 Å². The van der Waals surface area contributed by atoms with Crippen molar-refractivity contribution in [2.45, 2.75) is 19.0 Å². The number of hydrogen-bond donors (Lipinski definition) is 3. The molecule has 0 aliphatic carbocycles. The van der Waals surface area contributed by atoms with Crippen LogP contribution in [0.2, 0.25) is 0 Å². The van der Waals surface area contributed by atoms with Gasteiger partial charge in [0.2, 0.25) is 11.8 Å². The molecule has 0 radical (unpaired) electrons. The van der Waals surface area contributed by atoms with E-state index < -0.39 is 11.9 Å². The van der Waals surface area contributed by atoms with E-state index in [0.29, 0.717) is 5.75 Å². The zero-order valence-corrected chi connectivity index (χ0v) is 9.48. The molecular weight excluding hydrogens is 202 g/mol. The standard InChI is InChI=1S/C8H17N3O2S/c1-5(7(9)12)11-8(13)6(10-2)4-14-3/h5-6,10H,4H2,1-3H3,(H2,9,12)(H,11,13). The maximum atomic E-state index is 11.5. The highest BCUT2D eigenvalue weighted by atomic mass is 32.2. The van der Waals surface area contributed by atoms with Crippen LogP contribution in [0.4, 0.5) is 0 Å². The van der Waals surface area contributed by atoms with Gasteiger partial charge in [0, 0.05) is 5.75 Å². The fourth-order valence-corrected chi connectivity index (χ4v) is 1.49. The van der Waals surface area contributed by atoms with Gasteiger partial charge in [-0.25, -0.2) is 0 Å². The van der Waals surface area contributed by atoms with Gasteiger partial charge in [0.05, 0.1) is 6.04 Å². The maximum Gasteiger partial charge on any atom is 0.239 e. The van der Waals surface area contributed by atoms with Crippen LogP contribution < -0.4 is 16.4 Å². The van der Waals surface area contributed by atoms with Crippen LogP contribution >= 0.6 is 11.8 Å². The van der Waals surface area contributed by atoms with Crippen LogP contribution in [-0.2, 0) is 9.59 Å². The summed E-state index contributed by atoms with van der Waals surface area (Å²) < 4.78 is 0. The number of hydrogen-bond acceptors (Lipinski definition) is 4. The lowest BCUT2D eigenvalue weighted by molar-refractivity contribution is -0.127. The summed E-state index contributed by atoms with van der Waals surface area (Å²) in [5, 5.41) is 5.39. The van der Waals surface area contributed by atoms with Gasteiger partial charge in [-0.05, 0) is 20.2 Å². The minimum Gasteiger partial charge on any atom is -0.368 e. The largest absolute Gasteiger partial charge is 0.368 e. The van der Waals surface area contributed by atoms with Gasteiger partial charge in [-0.2, -0.15) is 11.8 Å². The molecule has 0 aliphatic rings. The molecule has 2 amide bonds. The summed E-state index contributed by atoms with van der Waals surface area (Å²) in [6.07, 6.45) is 1.91. The maximum absolute atomic E-state index is 11.5. The van der Waals surface area contributed by atoms with Gasteiger partial charge in [-0.1, -0.05) is 0 Å². The van der Waals surface area contributed by atoms with Crippen molar-refractivity contribution in [1.29, 1.82) is 0 Å². The number of rotatable bonds is 6. The highest BCUT2D eigenvalue weighted by Crippen LogP contribution is 1.97. The summed E-state index contributed by atoms with van der Waals surface area (Å²) in [5.41, 5.74) is 5.02. The number of carbonyl (C=O) groups excluding carboxylic acids is 2. The zero-order valence-electron chi connectivity index (χ0n) is 8.66. The molecule has 0 bridgehead atoms. The molecule has 0 aromatic rings. The van der Waals surface area contributed by atoms with Crippen molar-refractivity contribution in [2.75, 3.05) is 19.1 Å². The molecule has 0 aromatic carbocycles. The van der Waals surface area contributed by atoms with Crippen LogP contribution in [-0.4, -0.2) is 43.0 Å². The second-order valence-corrected chi connectivity index (χ2v) is 3.84. The van der Waals surface area contributed by atoms with Crippen LogP contribution in [0.1, 0.15) is 6.92 Å². The quantitative estimate of drug-likeness (QED) is 0.531. The van der Waals surface area contributed by atoms with Gasteiger partial charge >= 0.3 is 0 Å². The van der Waals surface area contributed by atoms with E-state index in [1.807, 2.05) is 6.26 Å². The molecule has 0 heterocycles. The first kappa shape index (κ1) is 13.2. The monoisotopic (exact) mass is 219 g/mol. The lowest BCUT2D eigenvalue weighted by Gasteiger charge is -2.17. The number of thioether (sulfide) groups is 1. The van der Waals surface area contributed by atoms with Gasteiger partial charge in [-0.3, -0.25) is 9.59 Å². The smallest absolute Gasteiger partial charge is 0.239 e. The van der Waals surface area contributed by atoms with E-state index in [4.69, 9.17) is 5.73 Å². The Morgan fingerprint density at radius 1 is 1.50 bits per heavy atom. The third-order valence-corrected chi connectivity index (χ3v) is 2.45. The predicted molar refractivity (Wildman–Crippen MR) is 58.0 cm³/mol. The molecule has 2 atom stereocenters.